The minimum absolute atomic E-state index is 0.497. The van der Waals surface area contributed by atoms with Crippen LogP contribution in [0.2, 0.25) is 0 Å². The van der Waals surface area contributed by atoms with Gasteiger partial charge in [0.1, 0.15) is 0 Å². The maximum absolute atomic E-state index is 2.53. The van der Waals surface area contributed by atoms with Crippen molar-refractivity contribution in [1.29, 1.82) is 0 Å². The Kier molecular flexibility index (Phi) is 8.41. The molecule has 0 aliphatic heterocycles. The van der Waals surface area contributed by atoms with Crippen LogP contribution in [0.1, 0.15) is 22.3 Å². The molecular weight excluding hydrogens is 789 g/mol. The quantitative estimate of drug-likeness (QED) is 0.147. The average Bonchev–Trinajstić information content (AvgIpc) is 3.90. The molecule has 0 fully saturated rings. The second-order valence-corrected chi connectivity index (χ2v) is 18.1. The highest BCUT2D eigenvalue weighted by Gasteiger charge is 2.46. The standard InChI is InChI=1S/C63H40S/c1-4-18-41(19-5-1)60-52-28-10-11-29-53(52)61(45-35-36-50-49-26-12-14-32-57(49)63(58(50)40-45,46-22-6-2-7-23-46)47-24-8-3-9-25-47)56-39-43(34-37-54(56)60)42-20-16-21-44(38-42)48-30-17-31-55-51-27-13-15-33-59(51)64-62(48)55/h1-40H. The van der Waals surface area contributed by atoms with Gasteiger partial charge in [0.15, 0.2) is 0 Å². The van der Waals surface area contributed by atoms with Crippen molar-refractivity contribution in [3.63, 3.8) is 0 Å². The van der Waals surface area contributed by atoms with E-state index in [1.807, 2.05) is 11.3 Å². The lowest BCUT2D eigenvalue weighted by molar-refractivity contribution is 0.769. The maximum atomic E-state index is 2.53. The van der Waals surface area contributed by atoms with Gasteiger partial charge in [-0.05, 0) is 124 Å². The average molecular weight is 829 g/mol. The molecule has 0 bridgehead atoms. The van der Waals surface area contributed by atoms with Crippen LogP contribution < -0.4 is 0 Å². The summed E-state index contributed by atoms with van der Waals surface area (Å²) in [4.78, 5) is 0. The summed E-state index contributed by atoms with van der Waals surface area (Å²) in [7, 11) is 0. The summed E-state index contributed by atoms with van der Waals surface area (Å²) in [6.07, 6.45) is 0. The van der Waals surface area contributed by atoms with Crippen molar-refractivity contribution < 1.29 is 0 Å². The summed E-state index contributed by atoms with van der Waals surface area (Å²) in [5.41, 5.74) is 17.1. The van der Waals surface area contributed by atoms with Crippen molar-refractivity contribution in [2.24, 2.45) is 0 Å². The fourth-order valence-corrected chi connectivity index (χ4v) is 12.3. The van der Waals surface area contributed by atoms with Gasteiger partial charge < -0.3 is 0 Å². The van der Waals surface area contributed by atoms with Crippen LogP contribution in [-0.2, 0) is 5.41 Å². The van der Waals surface area contributed by atoms with Crippen molar-refractivity contribution in [3.8, 4) is 55.6 Å². The van der Waals surface area contributed by atoms with E-state index in [4.69, 9.17) is 0 Å². The van der Waals surface area contributed by atoms with Gasteiger partial charge in [0.25, 0.3) is 0 Å². The second kappa shape index (κ2) is 14.6. The fourth-order valence-electron chi connectivity index (χ4n) is 11.0. The highest BCUT2D eigenvalue weighted by Crippen LogP contribution is 2.57. The third-order valence-corrected chi connectivity index (χ3v) is 15.0. The molecule has 0 saturated heterocycles. The number of benzene rings is 11. The van der Waals surface area contributed by atoms with Gasteiger partial charge in [-0.15, -0.1) is 11.3 Å². The molecule has 0 N–H and O–H groups in total. The molecule has 12 aromatic rings. The predicted molar refractivity (Wildman–Crippen MR) is 273 cm³/mol. The lowest BCUT2D eigenvalue weighted by Gasteiger charge is -2.34. The molecule has 0 amide bonds. The summed E-state index contributed by atoms with van der Waals surface area (Å²) in [6, 6.07) is 90.4. The van der Waals surface area contributed by atoms with Crippen molar-refractivity contribution in [2.45, 2.75) is 5.41 Å². The van der Waals surface area contributed by atoms with E-state index in [1.54, 1.807) is 0 Å². The van der Waals surface area contributed by atoms with Crippen molar-refractivity contribution in [3.05, 3.63) is 265 Å². The minimum Gasteiger partial charge on any atom is -0.135 e. The van der Waals surface area contributed by atoms with E-state index in [-0.39, 0.29) is 0 Å². The monoisotopic (exact) mass is 828 g/mol. The lowest BCUT2D eigenvalue weighted by Crippen LogP contribution is -2.28. The molecule has 1 heterocycles. The Labute approximate surface area is 377 Å². The molecule has 0 unspecified atom stereocenters. The molecular formula is C63H40S. The predicted octanol–water partition coefficient (Wildman–Crippen LogP) is 17.4. The highest BCUT2D eigenvalue weighted by atomic mass is 32.1. The molecule has 0 radical (unpaired) electrons. The molecule has 1 aromatic heterocycles. The van der Waals surface area contributed by atoms with E-state index in [0.29, 0.717) is 0 Å². The van der Waals surface area contributed by atoms with Crippen LogP contribution in [-0.4, -0.2) is 0 Å². The summed E-state index contributed by atoms with van der Waals surface area (Å²) < 4.78 is 2.66. The van der Waals surface area contributed by atoms with Gasteiger partial charge in [-0.1, -0.05) is 218 Å². The van der Waals surface area contributed by atoms with Gasteiger partial charge in [0.2, 0.25) is 0 Å². The summed E-state index contributed by atoms with van der Waals surface area (Å²) >= 11 is 1.89. The molecule has 0 nitrogen and oxygen atoms in total. The fraction of sp³-hybridized carbons (Fsp3) is 0.0159. The molecule has 64 heavy (non-hydrogen) atoms. The van der Waals surface area contributed by atoms with E-state index in [1.165, 1.54) is 120 Å². The van der Waals surface area contributed by atoms with Crippen LogP contribution >= 0.6 is 11.3 Å². The zero-order valence-corrected chi connectivity index (χ0v) is 35.8. The van der Waals surface area contributed by atoms with Crippen LogP contribution in [0.25, 0.3) is 97.4 Å². The van der Waals surface area contributed by atoms with Crippen LogP contribution in [0.15, 0.2) is 243 Å². The van der Waals surface area contributed by atoms with Crippen LogP contribution in [0, 0.1) is 0 Å². The smallest absolute Gasteiger partial charge is 0.0713 e. The largest absolute Gasteiger partial charge is 0.135 e. The number of rotatable bonds is 6. The molecule has 11 aromatic carbocycles. The van der Waals surface area contributed by atoms with Crippen molar-refractivity contribution in [2.75, 3.05) is 0 Å². The first kappa shape index (κ1) is 36.8. The van der Waals surface area contributed by atoms with E-state index in [0.717, 1.165) is 0 Å². The zero-order valence-electron chi connectivity index (χ0n) is 35.0. The van der Waals surface area contributed by atoms with Crippen molar-refractivity contribution >= 4 is 53.1 Å². The Morgan fingerprint density at radius 1 is 0.266 bits per heavy atom. The van der Waals surface area contributed by atoms with Gasteiger partial charge in [0, 0.05) is 20.2 Å². The van der Waals surface area contributed by atoms with Gasteiger partial charge in [-0.2, -0.15) is 0 Å². The Hall–Kier alpha value is -7.84. The van der Waals surface area contributed by atoms with Gasteiger partial charge in [0.05, 0.1) is 5.41 Å². The Morgan fingerprint density at radius 3 is 1.55 bits per heavy atom. The Bertz CT molecular complexity index is 3730. The second-order valence-electron chi connectivity index (χ2n) is 17.1. The molecule has 0 saturated carbocycles. The third kappa shape index (κ3) is 5.48. The van der Waals surface area contributed by atoms with Gasteiger partial charge >= 0.3 is 0 Å². The Balaban J connectivity index is 1.08. The normalized spacial score (nSPS) is 12.8. The van der Waals surface area contributed by atoms with E-state index in [2.05, 4.69) is 243 Å². The topological polar surface area (TPSA) is 0 Å². The van der Waals surface area contributed by atoms with Crippen LogP contribution in [0.5, 0.6) is 0 Å². The van der Waals surface area contributed by atoms with Crippen molar-refractivity contribution in [1.82, 2.24) is 0 Å². The first-order valence-electron chi connectivity index (χ1n) is 22.2. The molecule has 1 aliphatic rings. The highest BCUT2D eigenvalue weighted by molar-refractivity contribution is 7.26. The molecule has 1 heteroatoms. The summed E-state index contributed by atoms with van der Waals surface area (Å²) in [5, 5.41) is 7.63. The molecule has 0 spiro atoms. The Morgan fingerprint density at radius 2 is 0.781 bits per heavy atom. The zero-order chi connectivity index (χ0) is 42.2. The van der Waals surface area contributed by atoms with Gasteiger partial charge in [-0.25, -0.2) is 0 Å². The van der Waals surface area contributed by atoms with Crippen LogP contribution in [0.3, 0.4) is 0 Å². The van der Waals surface area contributed by atoms with Crippen LogP contribution in [0.4, 0.5) is 0 Å². The van der Waals surface area contributed by atoms with E-state index in [9.17, 15) is 0 Å². The molecule has 13 rings (SSSR count). The number of hydrogen-bond donors (Lipinski definition) is 0. The number of thiophene rings is 1. The molecule has 0 atom stereocenters. The third-order valence-electron chi connectivity index (χ3n) is 13.7. The number of fused-ring (bicyclic) bond motifs is 8. The van der Waals surface area contributed by atoms with E-state index < -0.39 is 5.41 Å². The first-order chi connectivity index (χ1) is 31.8. The number of hydrogen-bond acceptors (Lipinski definition) is 1. The minimum atomic E-state index is -0.497. The molecule has 1 aliphatic carbocycles. The summed E-state index contributed by atoms with van der Waals surface area (Å²) in [5.74, 6) is 0. The summed E-state index contributed by atoms with van der Waals surface area (Å²) in [6.45, 7) is 0. The van der Waals surface area contributed by atoms with Gasteiger partial charge in [-0.3, -0.25) is 0 Å². The van der Waals surface area contributed by atoms with E-state index >= 15 is 0 Å². The SMILES string of the molecule is c1ccc(-c2c3ccccc3c(-c3ccc4c(c3)C(c3ccccc3)(c3ccccc3)c3ccccc3-4)c3cc(-c4cccc(-c5cccc6c5sc5ccccc56)c4)ccc23)cc1. The first-order valence-corrected chi connectivity index (χ1v) is 23.0. The maximum Gasteiger partial charge on any atom is 0.0713 e. The lowest BCUT2D eigenvalue weighted by atomic mass is 9.67. The molecule has 298 valence electrons.